The van der Waals surface area contributed by atoms with E-state index in [9.17, 15) is 14.9 Å². The van der Waals surface area contributed by atoms with Crippen LogP contribution in [0.2, 0.25) is 0 Å². The highest BCUT2D eigenvalue weighted by atomic mass is 16.5. The van der Waals surface area contributed by atoms with Gasteiger partial charge in [-0.05, 0) is 36.6 Å². The summed E-state index contributed by atoms with van der Waals surface area (Å²) in [6.45, 7) is 4.22. The maximum atomic E-state index is 12.5. The van der Waals surface area contributed by atoms with Crippen LogP contribution in [0.3, 0.4) is 0 Å². The maximum absolute atomic E-state index is 12.5. The highest BCUT2D eigenvalue weighted by Gasteiger charge is 2.18. The molecule has 0 saturated heterocycles. The normalized spacial score (nSPS) is 11.1. The third kappa shape index (κ3) is 5.73. The molecule has 1 amide bonds. The van der Waals surface area contributed by atoms with Crippen molar-refractivity contribution in [1.82, 2.24) is 14.7 Å². The standard InChI is InChI=1S/C24H24N4O4/c1-17-8-6-12-28-21(23(27-22(17)28)31-13-7-11-26-18(2)29)14-20(15-25)24(30)32-16-19-9-4-3-5-10-19/h3-6,8-10,12,14H,7,11,13,16H2,1-2H3,(H,26,29). The van der Waals surface area contributed by atoms with Gasteiger partial charge in [0.15, 0.2) is 0 Å². The smallest absolute Gasteiger partial charge is 0.349 e. The zero-order chi connectivity index (χ0) is 22.9. The van der Waals surface area contributed by atoms with Crippen molar-refractivity contribution in [2.24, 2.45) is 0 Å². The number of nitriles is 1. The van der Waals surface area contributed by atoms with E-state index in [4.69, 9.17) is 9.47 Å². The Morgan fingerprint density at radius 1 is 1.22 bits per heavy atom. The van der Waals surface area contributed by atoms with Gasteiger partial charge in [-0.15, -0.1) is 0 Å². The van der Waals surface area contributed by atoms with E-state index in [2.05, 4.69) is 10.3 Å². The highest BCUT2D eigenvalue weighted by molar-refractivity contribution is 5.98. The summed E-state index contributed by atoms with van der Waals surface area (Å²) in [5, 5.41) is 12.3. The fourth-order valence-corrected chi connectivity index (χ4v) is 3.02. The molecule has 1 aromatic carbocycles. The van der Waals surface area contributed by atoms with E-state index in [1.165, 1.54) is 13.0 Å². The summed E-state index contributed by atoms with van der Waals surface area (Å²) in [5.41, 5.74) is 2.71. The van der Waals surface area contributed by atoms with E-state index in [1.54, 1.807) is 10.6 Å². The van der Waals surface area contributed by atoms with Crippen LogP contribution in [0.4, 0.5) is 0 Å². The number of nitrogens with one attached hydrogen (secondary N) is 1. The van der Waals surface area contributed by atoms with E-state index in [-0.39, 0.29) is 18.1 Å². The first kappa shape index (κ1) is 22.6. The second kappa shape index (κ2) is 10.8. The van der Waals surface area contributed by atoms with E-state index in [1.807, 2.05) is 55.5 Å². The summed E-state index contributed by atoms with van der Waals surface area (Å²) in [4.78, 5) is 28.1. The molecule has 32 heavy (non-hydrogen) atoms. The summed E-state index contributed by atoms with van der Waals surface area (Å²) in [7, 11) is 0. The zero-order valence-electron chi connectivity index (χ0n) is 18.0. The van der Waals surface area contributed by atoms with E-state index in [0.717, 1.165) is 11.1 Å². The van der Waals surface area contributed by atoms with Crippen LogP contribution in [0.25, 0.3) is 11.7 Å². The molecule has 2 heterocycles. The van der Waals surface area contributed by atoms with Crippen molar-refractivity contribution in [3.63, 3.8) is 0 Å². The SMILES string of the molecule is CC(=O)NCCCOc1nc2c(C)cccn2c1C=C(C#N)C(=O)OCc1ccccc1. The Kier molecular flexibility index (Phi) is 7.60. The first-order valence-electron chi connectivity index (χ1n) is 10.2. The number of carbonyl (C=O) groups is 2. The summed E-state index contributed by atoms with van der Waals surface area (Å²) in [6.07, 6.45) is 3.80. The molecule has 1 N–H and O–H groups in total. The van der Waals surface area contributed by atoms with Gasteiger partial charge in [0.25, 0.3) is 0 Å². The third-order valence-corrected chi connectivity index (χ3v) is 4.62. The number of fused-ring (bicyclic) bond motifs is 1. The lowest BCUT2D eigenvalue weighted by molar-refractivity contribution is -0.139. The Balaban J connectivity index is 1.83. The van der Waals surface area contributed by atoms with Crippen LogP contribution in [0.1, 0.15) is 30.2 Å². The number of ether oxygens (including phenoxy) is 2. The molecule has 0 atom stereocenters. The minimum absolute atomic E-state index is 0.0669. The van der Waals surface area contributed by atoms with E-state index < -0.39 is 5.97 Å². The molecule has 164 valence electrons. The molecule has 0 aliphatic rings. The van der Waals surface area contributed by atoms with Crippen LogP contribution < -0.4 is 10.1 Å². The lowest BCUT2D eigenvalue weighted by Crippen LogP contribution is -2.22. The fourth-order valence-electron chi connectivity index (χ4n) is 3.02. The number of imidazole rings is 1. The van der Waals surface area contributed by atoms with Gasteiger partial charge in [-0.3, -0.25) is 9.20 Å². The number of benzene rings is 1. The summed E-state index contributed by atoms with van der Waals surface area (Å²) in [5.74, 6) is -0.536. The number of aromatic nitrogens is 2. The van der Waals surface area contributed by atoms with Crippen molar-refractivity contribution < 1.29 is 19.1 Å². The van der Waals surface area contributed by atoms with Gasteiger partial charge >= 0.3 is 5.97 Å². The molecule has 0 aliphatic heterocycles. The first-order valence-corrected chi connectivity index (χ1v) is 10.2. The minimum Gasteiger partial charge on any atom is -0.476 e. The summed E-state index contributed by atoms with van der Waals surface area (Å²) < 4.78 is 12.9. The van der Waals surface area contributed by atoms with Gasteiger partial charge in [-0.1, -0.05) is 36.4 Å². The lowest BCUT2D eigenvalue weighted by Gasteiger charge is -2.06. The summed E-state index contributed by atoms with van der Waals surface area (Å²) in [6, 6.07) is 14.9. The maximum Gasteiger partial charge on any atom is 0.349 e. The number of hydrogen-bond acceptors (Lipinski definition) is 6. The quantitative estimate of drug-likeness (QED) is 0.241. The van der Waals surface area contributed by atoms with Gasteiger partial charge in [0.1, 0.15) is 29.6 Å². The minimum atomic E-state index is -0.726. The van der Waals surface area contributed by atoms with Gasteiger partial charge in [0.2, 0.25) is 11.8 Å². The number of carbonyl (C=O) groups excluding carboxylic acids is 2. The number of nitrogens with zero attached hydrogens (tertiary/aromatic N) is 3. The average Bonchev–Trinajstić information content (AvgIpc) is 3.14. The van der Waals surface area contributed by atoms with Crippen molar-refractivity contribution in [2.75, 3.05) is 13.2 Å². The van der Waals surface area contributed by atoms with Crippen molar-refractivity contribution >= 4 is 23.6 Å². The number of aryl methyl sites for hydroxylation is 1. The highest BCUT2D eigenvalue weighted by Crippen LogP contribution is 2.25. The number of esters is 1. The molecular formula is C24H24N4O4. The van der Waals surface area contributed by atoms with E-state index in [0.29, 0.717) is 36.8 Å². The van der Waals surface area contributed by atoms with Crippen LogP contribution in [-0.2, 0) is 20.9 Å². The number of hydrogen-bond donors (Lipinski definition) is 1. The van der Waals surface area contributed by atoms with Crippen LogP contribution in [0.15, 0.2) is 54.2 Å². The van der Waals surface area contributed by atoms with Crippen molar-refractivity contribution in [3.05, 3.63) is 71.1 Å². The van der Waals surface area contributed by atoms with Gasteiger partial charge in [0.05, 0.1) is 6.61 Å². The molecule has 3 aromatic rings. The molecule has 0 unspecified atom stereocenters. The molecule has 8 nitrogen and oxygen atoms in total. The molecule has 8 heteroatoms. The Labute approximate surface area is 186 Å². The average molecular weight is 432 g/mol. The van der Waals surface area contributed by atoms with Crippen LogP contribution in [0, 0.1) is 18.3 Å². The van der Waals surface area contributed by atoms with Gasteiger partial charge in [-0.25, -0.2) is 4.79 Å². The van der Waals surface area contributed by atoms with Crippen molar-refractivity contribution in [2.45, 2.75) is 26.9 Å². The van der Waals surface area contributed by atoms with Crippen molar-refractivity contribution in [3.8, 4) is 11.9 Å². The second-order valence-electron chi connectivity index (χ2n) is 7.10. The molecule has 2 aromatic heterocycles. The predicted molar refractivity (Wildman–Crippen MR) is 119 cm³/mol. The molecule has 0 spiro atoms. The topological polar surface area (TPSA) is 106 Å². The number of rotatable bonds is 9. The van der Waals surface area contributed by atoms with Gasteiger partial charge < -0.3 is 14.8 Å². The Bertz CT molecular complexity index is 1180. The largest absolute Gasteiger partial charge is 0.476 e. The molecule has 0 bridgehead atoms. The van der Waals surface area contributed by atoms with Gasteiger partial charge in [-0.2, -0.15) is 10.2 Å². The summed E-state index contributed by atoms with van der Waals surface area (Å²) >= 11 is 0. The van der Waals surface area contributed by atoms with Crippen LogP contribution in [-0.4, -0.2) is 34.4 Å². The predicted octanol–water partition coefficient (Wildman–Crippen LogP) is 3.20. The molecule has 0 saturated carbocycles. The Hall–Kier alpha value is -4.12. The zero-order valence-corrected chi connectivity index (χ0v) is 18.0. The van der Waals surface area contributed by atoms with Crippen LogP contribution in [0.5, 0.6) is 5.88 Å². The molecule has 0 aliphatic carbocycles. The number of pyridine rings is 1. The fraction of sp³-hybridized carbons (Fsp3) is 0.250. The van der Waals surface area contributed by atoms with Gasteiger partial charge in [0, 0.05) is 19.7 Å². The van der Waals surface area contributed by atoms with Crippen molar-refractivity contribution in [1.29, 1.82) is 5.26 Å². The Morgan fingerprint density at radius 3 is 2.72 bits per heavy atom. The molecule has 3 rings (SSSR count). The van der Waals surface area contributed by atoms with E-state index >= 15 is 0 Å². The molecular weight excluding hydrogens is 408 g/mol. The molecule has 0 radical (unpaired) electrons. The first-order chi connectivity index (χ1) is 15.5. The lowest BCUT2D eigenvalue weighted by atomic mass is 10.2. The third-order valence-electron chi connectivity index (χ3n) is 4.62. The monoisotopic (exact) mass is 432 g/mol. The molecule has 0 fully saturated rings. The second-order valence-corrected chi connectivity index (χ2v) is 7.10. The number of amides is 1. The Morgan fingerprint density at radius 2 is 2.00 bits per heavy atom. The van der Waals surface area contributed by atoms with Crippen LogP contribution >= 0.6 is 0 Å².